The van der Waals surface area contributed by atoms with Gasteiger partial charge in [0, 0.05) is 17.1 Å². The number of hydrogen-bond acceptors (Lipinski definition) is 7. The van der Waals surface area contributed by atoms with Crippen LogP contribution in [0.3, 0.4) is 0 Å². The fourth-order valence-corrected chi connectivity index (χ4v) is 3.51. The Morgan fingerprint density at radius 2 is 2.00 bits per heavy atom. The highest BCUT2D eigenvalue weighted by molar-refractivity contribution is 7.82. The zero-order chi connectivity index (χ0) is 22.3. The lowest BCUT2D eigenvalue weighted by Gasteiger charge is -2.15. The minimum absolute atomic E-state index is 0.0283. The number of aromatic nitrogens is 2. The summed E-state index contributed by atoms with van der Waals surface area (Å²) in [4.78, 5) is 19.8. The summed E-state index contributed by atoms with van der Waals surface area (Å²) in [6.45, 7) is 7.82. The number of thiazole rings is 1. The Labute approximate surface area is 181 Å². The highest BCUT2D eigenvalue weighted by Gasteiger charge is 2.13. The van der Waals surface area contributed by atoms with E-state index in [1.165, 1.54) is 23.6 Å². The van der Waals surface area contributed by atoms with Crippen LogP contribution in [0.15, 0.2) is 46.8 Å². The van der Waals surface area contributed by atoms with E-state index in [0.29, 0.717) is 32.7 Å². The molecule has 0 spiro atoms. The summed E-state index contributed by atoms with van der Waals surface area (Å²) in [6, 6.07) is 8.12. The molecule has 160 valence electrons. The number of nitrogens with one attached hydrogen (secondary N) is 1. The van der Waals surface area contributed by atoms with Crippen molar-refractivity contribution in [1.29, 1.82) is 0 Å². The number of carboxylic acids is 1. The molecule has 0 aliphatic rings. The quantitative estimate of drug-likeness (QED) is 0.487. The predicted molar refractivity (Wildman–Crippen MR) is 120 cm³/mol. The van der Waals surface area contributed by atoms with Gasteiger partial charge in [-0.15, -0.1) is 11.3 Å². The van der Waals surface area contributed by atoms with Crippen molar-refractivity contribution in [2.45, 2.75) is 38.7 Å². The fourth-order valence-electron chi connectivity index (χ4n) is 2.34. The largest absolute Gasteiger partial charge is 0.489 e. The molecule has 0 radical (unpaired) electrons. The number of rotatable bonds is 7. The fraction of sp³-hybridized carbons (Fsp3) is 0.250. The highest BCUT2D eigenvalue weighted by Crippen LogP contribution is 2.33. The molecule has 3 aromatic rings. The molecule has 30 heavy (non-hydrogen) atoms. The van der Waals surface area contributed by atoms with E-state index in [4.69, 9.17) is 15.0 Å². The molecule has 0 bridgehead atoms. The first kappa shape index (κ1) is 23.5. The van der Waals surface area contributed by atoms with Crippen LogP contribution in [0, 0.1) is 0 Å². The van der Waals surface area contributed by atoms with Crippen molar-refractivity contribution >= 4 is 39.1 Å². The molecule has 1 unspecified atom stereocenters. The monoisotopic (exact) mass is 448 g/mol. The van der Waals surface area contributed by atoms with Gasteiger partial charge in [0.05, 0.1) is 22.4 Å². The number of nitrogens with two attached hydrogens (primary N) is 1. The second-order valence-corrected chi connectivity index (χ2v) is 7.95. The van der Waals surface area contributed by atoms with Gasteiger partial charge in [0.1, 0.15) is 22.4 Å². The molecule has 0 aliphatic carbocycles. The number of nitrogens with zero attached hydrogens (tertiary/aromatic N) is 2. The van der Waals surface area contributed by atoms with Crippen LogP contribution in [0.25, 0.3) is 11.3 Å². The predicted octanol–water partition coefficient (Wildman–Crippen LogP) is 4.44. The molecule has 0 aliphatic heterocycles. The first-order chi connectivity index (χ1) is 14.3. The number of pyridine rings is 1. The topological polar surface area (TPSA) is 127 Å². The Morgan fingerprint density at radius 3 is 2.57 bits per heavy atom. The summed E-state index contributed by atoms with van der Waals surface area (Å²) in [5.74, 6) is -0.490. The molecular weight excluding hydrogens is 424 g/mol. The number of ether oxygens (including phenoxy) is 1. The molecule has 0 saturated carbocycles. The molecule has 2 aromatic heterocycles. The average Bonchev–Trinajstić information content (AvgIpc) is 3.19. The van der Waals surface area contributed by atoms with Gasteiger partial charge in [0.25, 0.3) is 0 Å². The highest BCUT2D eigenvalue weighted by atomic mass is 32.2. The van der Waals surface area contributed by atoms with Gasteiger partial charge >= 0.3 is 5.97 Å². The summed E-state index contributed by atoms with van der Waals surface area (Å²) in [5.41, 5.74) is 1.93. The molecule has 0 saturated heterocycles. The Morgan fingerprint density at radius 1 is 1.27 bits per heavy atom. The van der Waals surface area contributed by atoms with Crippen LogP contribution in [0.1, 0.15) is 38.2 Å². The second-order valence-electron chi connectivity index (χ2n) is 6.02. The number of benzene rings is 1. The lowest BCUT2D eigenvalue weighted by Crippen LogP contribution is -2.09. The normalized spacial score (nSPS) is 11.4. The molecule has 2 heterocycles. The van der Waals surface area contributed by atoms with E-state index < -0.39 is 17.0 Å². The van der Waals surface area contributed by atoms with Gasteiger partial charge in [-0.1, -0.05) is 13.8 Å². The SMILES string of the molecule is CC.CC(C)Oc1ccc(S(N)=O)cc1Nc1nc(-c2ccc(C(=O)O)nc2)cs1. The maximum atomic E-state index is 11.6. The molecular formula is C20H24N4O4S2. The van der Waals surface area contributed by atoms with Gasteiger partial charge in [-0.25, -0.2) is 24.1 Å². The van der Waals surface area contributed by atoms with Gasteiger partial charge in [0.15, 0.2) is 5.13 Å². The zero-order valence-corrected chi connectivity index (χ0v) is 18.7. The average molecular weight is 449 g/mol. The number of hydrogen-bond donors (Lipinski definition) is 3. The molecule has 8 nitrogen and oxygen atoms in total. The summed E-state index contributed by atoms with van der Waals surface area (Å²) in [7, 11) is -1.62. The first-order valence-corrected chi connectivity index (χ1v) is 11.3. The van der Waals surface area contributed by atoms with Gasteiger partial charge in [-0.05, 0) is 44.2 Å². The third-order valence-corrected chi connectivity index (χ3v) is 5.05. The maximum Gasteiger partial charge on any atom is 0.354 e. The number of carboxylic acid groups (broad SMARTS) is 1. The number of anilines is 2. The zero-order valence-electron chi connectivity index (χ0n) is 17.1. The minimum atomic E-state index is -1.62. The Kier molecular flexibility index (Phi) is 8.46. The standard InChI is InChI=1S/C18H18N4O4S2.C2H6/c1-10(2)26-16-6-4-12(28(19)25)7-14(16)21-18-22-15(9-27-18)11-3-5-13(17(23)24)20-8-11;1-2/h3-10H,19H2,1-2H3,(H,21,22)(H,23,24);1-2H3. The van der Waals surface area contributed by atoms with Crippen molar-refractivity contribution in [1.82, 2.24) is 9.97 Å². The molecule has 3 rings (SSSR count). The lowest BCUT2D eigenvalue weighted by molar-refractivity contribution is 0.0690. The van der Waals surface area contributed by atoms with E-state index in [1.54, 1.807) is 24.3 Å². The molecule has 0 amide bonds. The third kappa shape index (κ3) is 6.09. The van der Waals surface area contributed by atoms with Gasteiger partial charge < -0.3 is 15.2 Å². The lowest BCUT2D eigenvalue weighted by atomic mass is 10.2. The van der Waals surface area contributed by atoms with Crippen LogP contribution < -0.4 is 15.2 Å². The maximum absolute atomic E-state index is 11.6. The third-order valence-electron chi connectivity index (χ3n) is 3.57. The van der Waals surface area contributed by atoms with Crippen molar-refractivity contribution < 1.29 is 18.8 Å². The number of aromatic carboxylic acids is 1. The van der Waals surface area contributed by atoms with Crippen LogP contribution >= 0.6 is 11.3 Å². The molecule has 4 N–H and O–H groups in total. The van der Waals surface area contributed by atoms with Crippen molar-refractivity contribution in [2.75, 3.05) is 5.32 Å². The summed E-state index contributed by atoms with van der Waals surface area (Å²) < 4.78 is 17.4. The summed E-state index contributed by atoms with van der Waals surface area (Å²) >= 11 is 1.36. The van der Waals surface area contributed by atoms with Crippen molar-refractivity contribution in [2.24, 2.45) is 5.14 Å². The van der Waals surface area contributed by atoms with E-state index in [1.807, 2.05) is 33.1 Å². The van der Waals surface area contributed by atoms with E-state index >= 15 is 0 Å². The molecule has 1 atom stereocenters. The second kappa shape index (κ2) is 10.8. The van der Waals surface area contributed by atoms with Crippen LogP contribution in [0.4, 0.5) is 10.8 Å². The van der Waals surface area contributed by atoms with E-state index in [0.717, 1.165) is 0 Å². The van der Waals surface area contributed by atoms with Crippen molar-refractivity contribution in [3.8, 4) is 17.0 Å². The van der Waals surface area contributed by atoms with Gasteiger partial charge in [0.2, 0.25) is 0 Å². The van der Waals surface area contributed by atoms with Crippen LogP contribution in [0.2, 0.25) is 0 Å². The Bertz CT molecular complexity index is 1020. The van der Waals surface area contributed by atoms with E-state index in [-0.39, 0.29) is 11.8 Å². The smallest absolute Gasteiger partial charge is 0.354 e. The van der Waals surface area contributed by atoms with Crippen molar-refractivity contribution in [3.05, 3.63) is 47.6 Å². The first-order valence-electron chi connectivity index (χ1n) is 9.22. The van der Waals surface area contributed by atoms with Gasteiger partial charge in [-0.3, -0.25) is 0 Å². The van der Waals surface area contributed by atoms with Crippen molar-refractivity contribution in [3.63, 3.8) is 0 Å². The minimum Gasteiger partial charge on any atom is -0.489 e. The Balaban J connectivity index is 0.00000155. The van der Waals surface area contributed by atoms with Crippen LogP contribution in [-0.4, -0.2) is 31.4 Å². The molecule has 10 heteroatoms. The van der Waals surface area contributed by atoms with Crippen LogP contribution in [-0.2, 0) is 11.0 Å². The van der Waals surface area contributed by atoms with Gasteiger partial charge in [-0.2, -0.15) is 0 Å². The van der Waals surface area contributed by atoms with E-state index in [9.17, 15) is 9.00 Å². The number of carbonyl (C=O) groups is 1. The molecule has 1 aromatic carbocycles. The van der Waals surface area contributed by atoms with Crippen LogP contribution in [0.5, 0.6) is 5.75 Å². The van der Waals surface area contributed by atoms with E-state index in [2.05, 4.69) is 15.3 Å². The molecule has 0 fully saturated rings. The summed E-state index contributed by atoms with van der Waals surface area (Å²) in [5, 5.41) is 20.0. The Hall–Kier alpha value is -2.82. The summed E-state index contributed by atoms with van der Waals surface area (Å²) in [6.07, 6.45) is 1.42.